The van der Waals surface area contributed by atoms with E-state index in [2.05, 4.69) is 6.92 Å². The van der Waals surface area contributed by atoms with Crippen LogP contribution >= 0.6 is 0 Å². The van der Waals surface area contributed by atoms with Gasteiger partial charge in [0.2, 0.25) is 0 Å². The zero-order valence-corrected chi connectivity index (χ0v) is 11.8. The van der Waals surface area contributed by atoms with Crippen molar-refractivity contribution in [3.05, 3.63) is 0 Å². The molecule has 0 N–H and O–H groups in total. The minimum Gasteiger partial charge on any atom is -0.378 e. The molecular formula is C16H28O2. The fourth-order valence-corrected chi connectivity index (χ4v) is 3.55. The Bertz CT molecular complexity index is 244. The Morgan fingerprint density at radius 3 is 2.22 bits per heavy atom. The Balaban J connectivity index is 1.65. The van der Waals surface area contributed by atoms with Crippen LogP contribution in [0.25, 0.3) is 0 Å². The van der Waals surface area contributed by atoms with Crippen LogP contribution in [0.2, 0.25) is 0 Å². The number of carbonyl (C=O) groups is 1. The van der Waals surface area contributed by atoms with Crippen LogP contribution in [0, 0.1) is 11.8 Å². The maximum Gasteiger partial charge on any atom is 0.132 e. The zero-order chi connectivity index (χ0) is 12.8. The van der Waals surface area contributed by atoms with Crippen LogP contribution < -0.4 is 0 Å². The Morgan fingerprint density at radius 2 is 1.61 bits per heavy atom. The number of hydrogen-bond acceptors (Lipinski definition) is 2. The summed E-state index contributed by atoms with van der Waals surface area (Å²) in [5.41, 5.74) is 0. The molecule has 104 valence electrons. The molecule has 2 saturated carbocycles. The Labute approximate surface area is 111 Å². The van der Waals surface area contributed by atoms with Crippen molar-refractivity contribution in [3.8, 4) is 0 Å². The topological polar surface area (TPSA) is 26.3 Å². The summed E-state index contributed by atoms with van der Waals surface area (Å²) in [5.74, 6) is 2.20. The van der Waals surface area contributed by atoms with Gasteiger partial charge >= 0.3 is 0 Å². The molecule has 2 fully saturated rings. The highest BCUT2D eigenvalue weighted by Gasteiger charge is 2.30. The Morgan fingerprint density at radius 1 is 1.00 bits per heavy atom. The van der Waals surface area contributed by atoms with Crippen molar-refractivity contribution in [2.24, 2.45) is 11.8 Å². The first-order valence-electron chi connectivity index (χ1n) is 7.93. The molecule has 0 aliphatic heterocycles. The first kappa shape index (κ1) is 14.0. The van der Waals surface area contributed by atoms with Gasteiger partial charge in [0.05, 0.1) is 6.10 Å². The first-order chi connectivity index (χ1) is 8.79. The molecule has 0 spiro atoms. The van der Waals surface area contributed by atoms with Crippen LogP contribution in [-0.2, 0) is 9.53 Å². The normalized spacial score (nSPS) is 30.6. The molecule has 2 aliphatic carbocycles. The largest absolute Gasteiger partial charge is 0.378 e. The predicted octanol–water partition coefficient (Wildman–Crippen LogP) is 4.12. The van der Waals surface area contributed by atoms with Gasteiger partial charge in [0.15, 0.2) is 0 Å². The van der Waals surface area contributed by atoms with Crippen molar-refractivity contribution < 1.29 is 9.53 Å². The van der Waals surface area contributed by atoms with E-state index in [1.54, 1.807) is 0 Å². The monoisotopic (exact) mass is 252 g/mol. The van der Waals surface area contributed by atoms with Gasteiger partial charge in [-0.15, -0.1) is 0 Å². The molecule has 0 aromatic heterocycles. The van der Waals surface area contributed by atoms with Gasteiger partial charge in [-0.25, -0.2) is 0 Å². The number of carbonyl (C=O) groups excluding carboxylic acids is 1. The first-order valence-corrected chi connectivity index (χ1v) is 7.93. The Hall–Kier alpha value is -0.370. The standard InChI is InChI=1S/C16H28O2/c1-2-3-12-18-16-10-6-14(7-11-16)13-4-8-15(17)9-5-13/h13-14,16H,2-12H2,1H3. The summed E-state index contributed by atoms with van der Waals surface area (Å²) in [4.78, 5) is 11.3. The number of unbranched alkanes of at least 4 members (excludes halogenated alkanes) is 1. The molecule has 0 aromatic carbocycles. The van der Waals surface area contributed by atoms with Gasteiger partial charge in [0.1, 0.15) is 5.78 Å². The van der Waals surface area contributed by atoms with E-state index in [1.165, 1.54) is 38.5 Å². The second-order valence-electron chi connectivity index (χ2n) is 6.14. The lowest BCUT2D eigenvalue weighted by molar-refractivity contribution is -0.121. The predicted molar refractivity (Wildman–Crippen MR) is 73.6 cm³/mol. The number of hydrogen-bond donors (Lipinski definition) is 0. The molecule has 2 heteroatoms. The highest BCUT2D eigenvalue weighted by Crippen LogP contribution is 2.38. The fraction of sp³-hybridized carbons (Fsp3) is 0.938. The highest BCUT2D eigenvalue weighted by atomic mass is 16.5. The summed E-state index contributed by atoms with van der Waals surface area (Å²) in [5, 5.41) is 0. The van der Waals surface area contributed by atoms with E-state index in [1.807, 2.05) is 0 Å². The summed E-state index contributed by atoms with van der Waals surface area (Å²) in [6.45, 7) is 3.16. The molecule has 18 heavy (non-hydrogen) atoms. The molecular weight excluding hydrogens is 224 g/mol. The molecule has 0 amide bonds. The fourth-order valence-electron chi connectivity index (χ4n) is 3.55. The molecule has 2 aliphatic rings. The maximum atomic E-state index is 11.3. The van der Waals surface area contributed by atoms with Crippen LogP contribution in [0.1, 0.15) is 71.1 Å². The van der Waals surface area contributed by atoms with Gasteiger partial charge in [-0.3, -0.25) is 4.79 Å². The molecule has 2 rings (SSSR count). The van der Waals surface area contributed by atoms with Crippen LogP contribution in [-0.4, -0.2) is 18.5 Å². The summed E-state index contributed by atoms with van der Waals surface area (Å²) < 4.78 is 5.92. The third-order valence-electron chi connectivity index (χ3n) is 4.82. The lowest BCUT2D eigenvalue weighted by atomic mass is 9.72. The summed E-state index contributed by atoms with van der Waals surface area (Å²) in [6.07, 6.45) is 12.1. The van der Waals surface area contributed by atoms with Crippen molar-refractivity contribution in [1.29, 1.82) is 0 Å². The van der Waals surface area contributed by atoms with E-state index in [0.29, 0.717) is 11.9 Å². The van der Waals surface area contributed by atoms with E-state index in [4.69, 9.17) is 4.74 Å². The van der Waals surface area contributed by atoms with E-state index in [9.17, 15) is 4.79 Å². The summed E-state index contributed by atoms with van der Waals surface area (Å²) >= 11 is 0. The molecule has 0 saturated heterocycles. The number of ketones is 1. The van der Waals surface area contributed by atoms with Crippen molar-refractivity contribution in [1.82, 2.24) is 0 Å². The van der Waals surface area contributed by atoms with Gasteiger partial charge in [-0.05, 0) is 56.8 Å². The minimum absolute atomic E-state index is 0.489. The van der Waals surface area contributed by atoms with Gasteiger partial charge in [-0.1, -0.05) is 13.3 Å². The Kier molecular flexibility index (Phi) is 5.68. The van der Waals surface area contributed by atoms with E-state index >= 15 is 0 Å². The van der Waals surface area contributed by atoms with Gasteiger partial charge in [0.25, 0.3) is 0 Å². The second-order valence-corrected chi connectivity index (χ2v) is 6.14. The lowest BCUT2D eigenvalue weighted by Gasteiger charge is -2.35. The SMILES string of the molecule is CCCCOC1CCC(C2CCC(=O)CC2)CC1. The third kappa shape index (κ3) is 4.08. The van der Waals surface area contributed by atoms with Gasteiger partial charge in [-0.2, -0.15) is 0 Å². The molecule has 0 atom stereocenters. The average molecular weight is 252 g/mol. The molecule has 0 unspecified atom stereocenters. The summed E-state index contributed by atoms with van der Waals surface area (Å²) in [6, 6.07) is 0. The van der Waals surface area contributed by atoms with Crippen molar-refractivity contribution in [2.75, 3.05) is 6.61 Å². The number of ether oxygens (including phenoxy) is 1. The van der Waals surface area contributed by atoms with Crippen molar-refractivity contribution in [2.45, 2.75) is 77.2 Å². The van der Waals surface area contributed by atoms with Crippen LogP contribution in [0.5, 0.6) is 0 Å². The van der Waals surface area contributed by atoms with Crippen LogP contribution in [0.15, 0.2) is 0 Å². The quantitative estimate of drug-likeness (QED) is 0.688. The minimum atomic E-state index is 0.489. The molecule has 0 bridgehead atoms. The maximum absolute atomic E-state index is 11.3. The lowest BCUT2D eigenvalue weighted by Crippen LogP contribution is -2.28. The van der Waals surface area contributed by atoms with Crippen molar-refractivity contribution >= 4 is 5.78 Å². The average Bonchev–Trinajstić information content (AvgIpc) is 2.41. The molecule has 0 radical (unpaired) electrons. The molecule has 2 nitrogen and oxygen atoms in total. The number of rotatable bonds is 5. The summed E-state index contributed by atoms with van der Waals surface area (Å²) in [7, 11) is 0. The van der Waals surface area contributed by atoms with Crippen LogP contribution in [0.3, 0.4) is 0 Å². The third-order valence-corrected chi connectivity index (χ3v) is 4.82. The second kappa shape index (κ2) is 7.28. The highest BCUT2D eigenvalue weighted by molar-refractivity contribution is 5.79. The van der Waals surface area contributed by atoms with Crippen LogP contribution in [0.4, 0.5) is 0 Å². The van der Waals surface area contributed by atoms with E-state index in [-0.39, 0.29) is 0 Å². The molecule has 0 heterocycles. The van der Waals surface area contributed by atoms with E-state index in [0.717, 1.165) is 44.1 Å². The van der Waals surface area contributed by atoms with Crippen molar-refractivity contribution in [3.63, 3.8) is 0 Å². The van der Waals surface area contributed by atoms with Gasteiger partial charge < -0.3 is 4.74 Å². The molecule has 0 aromatic rings. The van der Waals surface area contributed by atoms with E-state index < -0.39 is 0 Å². The zero-order valence-electron chi connectivity index (χ0n) is 11.8. The number of Topliss-reactive ketones (excluding diaryl/α,β-unsaturated/α-hetero) is 1. The smallest absolute Gasteiger partial charge is 0.132 e. The van der Waals surface area contributed by atoms with Gasteiger partial charge in [0, 0.05) is 19.4 Å².